The number of hydrogen-bond acceptors (Lipinski definition) is 7. The molecule has 2 amide bonds. The molecule has 3 heterocycles. The lowest BCUT2D eigenvalue weighted by molar-refractivity contribution is -0.135. The fraction of sp³-hybridized carbons (Fsp3) is 0.524. The zero-order chi connectivity index (χ0) is 24.6. The van der Waals surface area contributed by atoms with Gasteiger partial charge in [0.1, 0.15) is 21.0 Å². The topological polar surface area (TPSA) is 88.7 Å². The van der Waals surface area contributed by atoms with Crippen molar-refractivity contribution in [1.82, 2.24) is 10.6 Å². The number of fused-ring (bicyclic) bond motifs is 1. The summed E-state index contributed by atoms with van der Waals surface area (Å²) >= 11 is 1.75. The molecule has 182 valence electrons. The minimum absolute atomic E-state index is 0.0893. The zero-order valence-corrected chi connectivity index (χ0v) is 20.5. The van der Waals surface area contributed by atoms with Gasteiger partial charge in [-0.2, -0.15) is 13.2 Å². The van der Waals surface area contributed by atoms with Gasteiger partial charge in [-0.15, -0.1) is 11.3 Å². The van der Waals surface area contributed by atoms with Gasteiger partial charge in [0.05, 0.1) is 7.11 Å². The van der Waals surface area contributed by atoms with E-state index in [0.29, 0.717) is 51.9 Å². The van der Waals surface area contributed by atoms with E-state index in [-0.39, 0.29) is 22.7 Å². The van der Waals surface area contributed by atoms with Gasteiger partial charge in [0, 0.05) is 23.5 Å². The number of nitrogens with one attached hydrogen (secondary N) is 3. The molecular formula is C21H26F3N3O4S2. The number of urea groups is 1. The van der Waals surface area contributed by atoms with E-state index < -0.39 is 28.7 Å². The highest BCUT2D eigenvalue weighted by Gasteiger charge is 2.38. The maximum atomic E-state index is 13.6. The molecule has 7 nitrogen and oxygen atoms in total. The summed E-state index contributed by atoms with van der Waals surface area (Å²) in [6.07, 6.45) is -4.04. The first-order valence-electron chi connectivity index (χ1n) is 10.2. The number of alkyl halides is 3. The Labute approximate surface area is 197 Å². The van der Waals surface area contributed by atoms with Crippen LogP contribution in [0.25, 0.3) is 0 Å². The second kappa shape index (κ2) is 9.51. The summed E-state index contributed by atoms with van der Waals surface area (Å²) in [5.74, 6) is -0.631. The van der Waals surface area contributed by atoms with Crippen molar-refractivity contribution in [2.45, 2.75) is 59.0 Å². The highest BCUT2D eigenvalue weighted by Crippen LogP contribution is 2.42. The molecule has 1 aliphatic heterocycles. The SMILES string of the molecule is COc1sc(NC(=O)NCc2c(C(F)(F)F)sc3c2CCNC3)c(C(=O)OC(C)(C)C)c1C. The summed E-state index contributed by atoms with van der Waals surface area (Å²) in [5, 5.41) is 8.76. The number of anilines is 1. The van der Waals surface area contributed by atoms with Crippen LogP contribution in [0.3, 0.4) is 0 Å². The molecule has 1 aliphatic rings. The van der Waals surface area contributed by atoms with Gasteiger partial charge in [0.25, 0.3) is 0 Å². The molecule has 2 aromatic rings. The molecular weight excluding hydrogens is 479 g/mol. The lowest BCUT2D eigenvalue weighted by Gasteiger charge is -2.20. The average Bonchev–Trinajstić information content (AvgIpc) is 3.22. The molecule has 3 rings (SSSR count). The van der Waals surface area contributed by atoms with Crippen molar-refractivity contribution in [2.24, 2.45) is 0 Å². The van der Waals surface area contributed by atoms with Crippen molar-refractivity contribution in [3.05, 3.63) is 32.0 Å². The number of esters is 1. The van der Waals surface area contributed by atoms with Gasteiger partial charge in [-0.3, -0.25) is 5.32 Å². The molecule has 0 aliphatic carbocycles. The Morgan fingerprint density at radius 1 is 1.18 bits per heavy atom. The number of amides is 2. The van der Waals surface area contributed by atoms with E-state index in [9.17, 15) is 22.8 Å². The Bertz CT molecular complexity index is 1050. The number of rotatable bonds is 5. The van der Waals surface area contributed by atoms with Gasteiger partial charge in [-0.1, -0.05) is 11.3 Å². The monoisotopic (exact) mass is 505 g/mol. The Kier molecular flexibility index (Phi) is 7.30. The van der Waals surface area contributed by atoms with Gasteiger partial charge in [-0.05, 0) is 51.8 Å². The van der Waals surface area contributed by atoms with Crippen LogP contribution in [0.1, 0.15) is 57.6 Å². The van der Waals surface area contributed by atoms with E-state index in [4.69, 9.17) is 9.47 Å². The summed E-state index contributed by atoms with van der Waals surface area (Å²) in [5.41, 5.74) is 0.627. The van der Waals surface area contributed by atoms with Gasteiger partial charge in [-0.25, -0.2) is 9.59 Å². The van der Waals surface area contributed by atoms with E-state index in [1.807, 2.05) is 0 Å². The predicted molar refractivity (Wildman–Crippen MR) is 121 cm³/mol. The van der Waals surface area contributed by atoms with Crippen LogP contribution in [-0.4, -0.2) is 31.3 Å². The first kappa shape index (κ1) is 25.3. The molecule has 0 spiro atoms. The molecule has 0 bridgehead atoms. The number of ether oxygens (including phenoxy) is 2. The molecule has 2 aromatic heterocycles. The van der Waals surface area contributed by atoms with Crippen molar-refractivity contribution in [2.75, 3.05) is 19.0 Å². The van der Waals surface area contributed by atoms with Crippen molar-refractivity contribution >= 4 is 39.7 Å². The highest BCUT2D eigenvalue weighted by atomic mass is 32.1. The lowest BCUT2D eigenvalue weighted by atomic mass is 10.0. The molecule has 0 saturated heterocycles. The summed E-state index contributed by atoms with van der Waals surface area (Å²) in [6, 6.07) is -0.731. The normalized spacial score (nSPS) is 13.9. The molecule has 0 aromatic carbocycles. The fourth-order valence-corrected chi connectivity index (χ4v) is 5.69. The number of methoxy groups -OCH3 is 1. The van der Waals surface area contributed by atoms with Crippen molar-refractivity contribution in [3.63, 3.8) is 0 Å². The standard InChI is InChI=1S/C21H26F3N3O4S2/c1-10-14(17(28)31-20(2,3)4)16(33-18(10)30-5)27-19(29)26-8-12-11-6-7-25-9-13(11)32-15(12)21(22,23)24/h25H,6-9H2,1-5H3,(H2,26,27,29). The van der Waals surface area contributed by atoms with Crippen LogP contribution in [0.15, 0.2) is 0 Å². The minimum atomic E-state index is -4.50. The van der Waals surface area contributed by atoms with Crippen LogP contribution in [-0.2, 0) is 30.4 Å². The zero-order valence-electron chi connectivity index (χ0n) is 18.9. The maximum absolute atomic E-state index is 13.6. The largest absolute Gasteiger partial charge is 0.487 e. The van der Waals surface area contributed by atoms with Crippen LogP contribution in [0.2, 0.25) is 0 Å². The van der Waals surface area contributed by atoms with E-state index in [1.54, 1.807) is 27.7 Å². The molecule has 3 N–H and O–H groups in total. The van der Waals surface area contributed by atoms with Crippen molar-refractivity contribution in [1.29, 1.82) is 0 Å². The van der Waals surface area contributed by atoms with Crippen molar-refractivity contribution in [3.8, 4) is 5.06 Å². The fourth-order valence-electron chi connectivity index (χ4n) is 3.48. The minimum Gasteiger partial charge on any atom is -0.487 e. The van der Waals surface area contributed by atoms with Gasteiger partial charge >= 0.3 is 18.2 Å². The van der Waals surface area contributed by atoms with Crippen LogP contribution >= 0.6 is 22.7 Å². The molecule has 0 unspecified atom stereocenters. The van der Waals surface area contributed by atoms with Crippen LogP contribution in [0.4, 0.5) is 23.0 Å². The molecule has 12 heteroatoms. The second-order valence-corrected chi connectivity index (χ2v) is 10.6. The molecule has 0 fully saturated rings. The Hall–Kier alpha value is -2.31. The van der Waals surface area contributed by atoms with E-state index in [0.717, 1.165) is 11.3 Å². The van der Waals surface area contributed by atoms with Gasteiger partial charge < -0.3 is 20.1 Å². The lowest BCUT2D eigenvalue weighted by Crippen LogP contribution is -2.31. The number of halogens is 3. The summed E-state index contributed by atoms with van der Waals surface area (Å²) < 4.78 is 51.4. The van der Waals surface area contributed by atoms with Gasteiger partial charge in [0.15, 0.2) is 5.06 Å². The first-order chi connectivity index (χ1) is 15.3. The third-order valence-corrected chi connectivity index (χ3v) is 7.33. The summed E-state index contributed by atoms with van der Waals surface area (Å²) in [4.78, 5) is 25.2. The molecule has 0 atom stereocenters. The molecule has 0 saturated carbocycles. The Morgan fingerprint density at radius 3 is 2.48 bits per heavy atom. The number of thiophene rings is 2. The summed E-state index contributed by atoms with van der Waals surface area (Å²) in [6.45, 7) is 7.50. The first-order valence-corrected chi connectivity index (χ1v) is 11.8. The van der Waals surface area contributed by atoms with Gasteiger partial charge in [0.2, 0.25) is 0 Å². The van der Waals surface area contributed by atoms with Crippen LogP contribution in [0, 0.1) is 6.92 Å². The molecule has 0 radical (unpaired) electrons. The highest BCUT2D eigenvalue weighted by molar-refractivity contribution is 7.18. The second-order valence-electron chi connectivity index (χ2n) is 8.47. The quantitative estimate of drug-likeness (QED) is 0.494. The smallest absolute Gasteiger partial charge is 0.425 e. The van der Waals surface area contributed by atoms with Crippen LogP contribution in [0.5, 0.6) is 5.06 Å². The average molecular weight is 506 g/mol. The predicted octanol–water partition coefficient (Wildman–Crippen LogP) is 5.07. The van der Waals surface area contributed by atoms with Crippen LogP contribution < -0.4 is 20.7 Å². The van der Waals surface area contributed by atoms with E-state index in [1.165, 1.54) is 7.11 Å². The third-order valence-electron chi connectivity index (χ3n) is 4.84. The van der Waals surface area contributed by atoms with E-state index in [2.05, 4.69) is 16.0 Å². The van der Waals surface area contributed by atoms with E-state index >= 15 is 0 Å². The Morgan fingerprint density at radius 2 is 1.88 bits per heavy atom. The Balaban J connectivity index is 1.80. The number of hydrogen-bond donors (Lipinski definition) is 3. The maximum Gasteiger partial charge on any atom is 0.425 e. The third kappa shape index (κ3) is 5.79. The number of carbonyl (C=O) groups is 2. The molecule has 33 heavy (non-hydrogen) atoms. The number of carbonyl (C=O) groups excluding carboxylic acids is 2. The van der Waals surface area contributed by atoms with Crippen molar-refractivity contribution < 1.29 is 32.2 Å². The summed E-state index contributed by atoms with van der Waals surface area (Å²) in [7, 11) is 1.44.